The largest absolute Gasteiger partial charge is 0.447 e. The smallest absolute Gasteiger partial charge is 0.247 e. The number of nitrogens with one attached hydrogen (secondary N) is 1. The van der Waals surface area contributed by atoms with Crippen LogP contribution in [0.3, 0.4) is 0 Å². The summed E-state index contributed by atoms with van der Waals surface area (Å²) in [6.45, 7) is 0. The van der Waals surface area contributed by atoms with Crippen molar-refractivity contribution in [2.45, 2.75) is 17.1 Å². The number of rotatable bonds is 4. The van der Waals surface area contributed by atoms with Crippen LogP contribution < -0.4 is 10.1 Å². The van der Waals surface area contributed by atoms with E-state index in [1.807, 2.05) is 66.0 Å². The lowest BCUT2D eigenvalue weighted by atomic mass is 10.1. The van der Waals surface area contributed by atoms with E-state index in [1.54, 1.807) is 11.3 Å². The normalized spacial score (nSPS) is 14.9. The van der Waals surface area contributed by atoms with Crippen LogP contribution in [-0.4, -0.2) is 15.2 Å². The van der Waals surface area contributed by atoms with Gasteiger partial charge in [-0.15, -0.1) is 21.5 Å². The molecule has 0 aliphatic carbocycles. The highest BCUT2D eigenvalue weighted by Gasteiger charge is 2.26. The Hall–Kier alpha value is -2.61. The highest BCUT2D eigenvalue weighted by molar-refractivity contribution is 7.98. The van der Waals surface area contributed by atoms with Crippen molar-refractivity contribution in [3.8, 4) is 17.1 Å². The summed E-state index contributed by atoms with van der Waals surface area (Å²) in [6, 6.07) is 19.8. The summed E-state index contributed by atoms with van der Waals surface area (Å²) in [5, 5.41) is 15.5. The molecule has 0 bridgehead atoms. The molecule has 1 N–H and O–H groups in total. The quantitative estimate of drug-likeness (QED) is 0.391. The van der Waals surface area contributed by atoms with E-state index in [9.17, 15) is 0 Å². The first-order valence-electron chi connectivity index (χ1n) is 8.95. The summed E-state index contributed by atoms with van der Waals surface area (Å²) in [5.41, 5.74) is 3.53. The molecule has 0 radical (unpaired) electrons. The molecule has 0 saturated carbocycles. The number of para-hydroxylation sites is 1. The Kier molecular flexibility index (Phi) is 5.10. The second-order valence-electron chi connectivity index (χ2n) is 6.33. The fraction of sp³-hybridized carbons (Fsp3) is 0.0952. The third-order valence-electron chi connectivity index (χ3n) is 4.45. The van der Waals surface area contributed by atoms with E-state index in [1.165, 1.54) is 11.8 Å². The average molecular weight is 439 g/mol. The van der Waals surface area contributed by atoms with Crippen LogP contribution in [0.1, 0.15) is 16.7 Å². The molecule has 1 aliphatic heterocycles. The van der Waals surface area contributed by atoms with Crippen molar-refractivity contribution in [1.29, 1.82) is 0 Å². The van der Waals surface area contributed by atoms with Crippen LogP contribution in [-0.2, 0) is 5.75 Å². The van der Waals surface area contributed by atoms with Gasteiger partial charge in [-0.05, 0) is 29.1 Å². The van der Waals surface area contributed by atoms with Gasteiger partial charge < -0.3 is 10.1 Å². The molecule has 144 valence electrons. The summed E-state index contributed by atoms with van der Waals surface area (Å²) in [4.78, 5) is 5.73. The van der Waals surface area contributed by atoms with Crippen molar-refractivity contribution >= 4 is 40.4 Å². The number of benzene rings is 2. The van der Waals surface area contributed by atoms with Gasteiger partial charge in [0, 0.05) is 22.0 Å². The SMILES string of the molecule is Clc1ccccc1CSc1nnc2c(n1)OC(c1cccs1)Nc1ccccc1-2. The van der Waals surface area contributed by atoms with E-state index in [-0.39, 0.29) is 6.23 Å². The minimum absolute atomic E-state index is 0.337. The number of hydrogen-bond acceptors (Lipinski definition) is 7. The van der Waals surface area contributed by atoms with Gasteiger partial charge in [-0.2, -0.15) is 4.98 Å². The van der Waals surface area contributed by atoms with Gasteiger partial charge in [-0.25, -0.2) is 0 Å². The number of anilines is 1. The van der Waals surface area contributed by atoms with Crippen molar-refractivity contribution < 1.29 is 4.74 Å². The van der Waals surface area contributed by atoms with Gasteiger partial charge in [-0.1, -0.05) is 65.8 Å². The molecule has 1 unspecified atom stereocenters. The minimum atomic E-state index is -0.337. The number of nitrogens with zero attached hydrogens (tertiary/aromatic N) is 3. The van der Waals surface area contributed by atoms with Crippen molar-refractivity contribution in [3.63, 3.8) is 0 Å². The fourth-order valence-electron chi connectivity index (χ4n) is 3.04. The second-order valence-corrected chi connectivity index (χ2v) is 8.66. The molecule has 2 aromatic carbocycles. The zero-order chi connectivity index (χ0) is 19.6. The van der Waals surface area contributed by atoms with Crippen LogP contribution in [0.2, 0.25) is 5.02 Å². The zero-order valence-corrected chi connectivity index (χ0v) is 17.5. The minimum Gasteiger partial charge on any atom is -0.447 e. The zero-order valence-electron chi connectivity index (χ0n) is 15.1. The third kappa shape index (κ3) is 3.81. The van der Waals surface area contributed by atoms with Crippen molar-refractivity contribution in [3.05, 3.63) is 81.5 Å². The lowest BCUT2D eigenvalue weighted by molar-refractivity contribution is 0.229. The summed E-state index contributed by atoms with van der Waals surface area (Å²) in [6.07, 6.45) is -0.337. The first-order chi connectivity index (χ1) is 14.3. The topological polar surface area (TPSA) is 59.9 Å². The Bertz CT molecular complexity index is 1150. The number of hydrogen-bond donors (Lipinski definition) is 1. The molecular formula is C21H15ClN4OS2. The lowest BCUT2D eigenvalue weighted by Crippen LogP contribution is -2.15. The maximum Gasteiger partial charge on any atom is 0.247 e. The molecule has 3 heterocycles. The summed E-state index contributed by atoms with van der Waals surface area (Å²) in [5.74, 6) is 1.13. The maximum absolute atomic E-state index is 6.26. The monoisotopic (exact) mass is 438 g/mol. The molecule has 4 aromatic rings. The number of fused-ring (bicyclic) bond motifs is 3. The Morgan fingerprint density at radius 1 is 1.03 bits per heavy atom. The molecule has 5 nitrogen and oxygen atoms in total. The van der Waals surface area contributed by atoms with E-state index >= 15 is 0 Å². The van der Waals surface area contributed by atoms with Gasteiger partial charge in [0.1, 0.15) is 0 Å². The maximum atomic E-state index is 6.26. The Balaban J connectivity index is 1.49. The lowest BCUT2D eigenvalue weighted by Gasteiger charge is -2.17. The molecule has 0 saturated heterocycles. The molecule has 0 amide bonds. The number of ether oxygens (including phenoxy) is 1. The molecule has 1 aliphatic rings. The Morgan fingerprint density at radius 2 is 1.90 bits per heavy atom. The van der Waals surface area contributed by atoms with Gasteiger partial charge in [0.15, 0.2) is 5.69 Å². The summed E-state index contributed by atoms with van der Waals surface area (Å²) < 4.78 is 6.25. The average Bonchev–Trinajstić information content (AvgIpc) is 3.23. The predicted octanol–water partition coefficient (Wildman–Crippen LogP) is 6.05. The van der Waals surface area contributed by atoms with Crippen molar-refractivity contribution in [1.82, 2.24) is 15.2 Å². The standard InChI is InChI=1S/C21H15ClN4OS2/c22-15-8-3-1-6-13(15)12-29-21-24-20-18(25-26-21)14-7-2-4-9-16(14)23-19(27-20)17-10-5-11-28-17/h1-11,19,23H,12H2. The Morgan fingerprint density at radius 3 is 2.76 bits per heavy atom. The first-order valence-corrected chi connectivity index (χ1v) is 11.2. The molecule has 8 heteroatoms. The van der Waals surface area contributed by atoms with E-state index in [4.69, 9.17) is 16.3 Å². The van der Waals surface area contributed by atoms with Crippen molar-refractivity contribution in [2.75, 3.05) is 5.32 Å². The van der Waals surface area contributed by atoms with Crippen LogP contribution >= 0.6 is 34.7 Å². The van der Waals surface area contributed by atoms with Gasteiger partial charge >= 0.3 is 0 Å². The van der Waals surface area contributed by atoms with Crippen LogP contribution in [0.5, 0.6) is 5.88 Å². The van der Waals surface area contributed by atoms with E-state index in [0.717, 1.165) is 26.7 Å². The van der Waals surface area contributed by atoms with E-state index in [0.29, 0.717) is 22.5 Å². The van der Waals surface area contributed by atoms with Gasteiger partial charge in [0.25, 0.3) is 0 Å². The number of thiophene rings is 1. The van der Waals surface area contributed by atoms with Crippen LogP contribution in [0.25, 0.3) is 11.3 Å². The highest BCUT2D eigenvalue weighted by atomic mass is 35.5. The highest BCUT2D eigenvalue weighted by Crippen LogP contribution is 2.40. The molecule has 2 aromatic heterocycles. The first kappa shape index (κ1) is 18.4. The molecule has 5 rings (SSSR count). The van der Waals surface area contributed by atoms with Crippen LogP contribution in [0, 0.1) is 0 Å². The molecule has 0 fully saturated rings. The van der Waals surface area contributed by atoms with Gasteiger partial charge in [0.2, 0.25) is 17.3 Å². The molecule has 29 heavy (non-hydrogen) atoms. The van der Waals surface area contributed by atoms with Crippen LogP contribution in [0.15, 0.2) is 71.2 Å². The van der Waals surface area contributed by atoms with Gasteiger partial charge in [-0.3, -0.25) is 0 Å². The van der Waals surface area contributed by atoms with Gasteiger partial charge in [0.05, 0.1) is 4.88 Å². The molecular weight excluding hydrogens is 424 g/mol. The molecule has 1 atom stereocenters. The summed E-state index contributed by atoms with van der Waals surface area (Å²) >= 11 is 9.37. The van der Waals surface area contributed by atoms with E-state index in [2.05, 4.69) is 20.5 Å². The Labute approximate surface area is 181 Å². The second kappa shape index (κ2) is 8.02. The number of aromatic nitrogens is 3. The fourth-order valence-corrected chi connectivity index (χ4v) is 4.80. The summed E-state index contributed by atoms with van der Waals surface area (Å²) in [7, 11) is 0. The van der Waals surface area contributed by atoms with Crippen molar-refractivity contribution in [2.24, 2.45) is 0 Å². The third-order valence-corrected chi connectivity index (χ3v) is 6.62. The van der Waals surface area contributed by atoms with E-state index < -0.39 is 0 Å². The molecule has 0 spiro atoms. The number of halogens is 1. The van der Waals surface area contributed by atoms with Crippen LogP contribution in [0.4, 0.5) is 5.69 Å². The predicted molar refractivity (Wildman–Crippen MR) is 118 cm³/mol. The number of thioether (sulfide) groups is 1.